The van der Waals surface area contributed by atoms with Gasteiger partial charge < -0.3 is 10.2 Å². The van der Waals surface area contributed by atoms with Gasteiger partial charge in [-0.15, -0.1) is 0 Å². The van der Waals surface area contributed by atoms with Crippen molar-refractivity contribution in [2.24, 2.45) is 0 Å². The van der Waals surface area contributed by atoms with Crippen LogP contribution < -0.4 is 9.62 Å². The molecule has 7 nitrogen and oxygen atoms in total. The largest absolute Gasteiger partial charge is 0.350 e. The standard InChI is InChI=1S/C37H43N3O4S/c1-27-17-21-33(22-18-27)45(43,44)40(32-20-19-28(2)29(3)23-32)26-35(41)39(25-31-15-11-8-12-16-31)34(36(42)38-37(4,5)6)24-30-13-9-7-10-14-30/h7-23,34H,24-26H2,1-6H3,(H,38,42). The van der Waals surface area contributed by atoms with E-state index >= 15 is 0 Å². The maximum absolute atomic E-state index is 14.6. The molecule has 0 spiro atoms. The van der Waals surface area contributed by atoms with E-state index in [-0.39, 0.29) is 23.8 Å². The first-order valence-electron chi connectivity index (χ1n) is 15.1. The number of carbonyl (C=O) groups is 2. The highest BCUT2D eigenvalue weighted by atomic mass is 32.2. The summed E-state index contributed by atoms with van der Waals surface area (Å²) >= 11 is 0. The summed E-state index contributed by atoms with van der Waals surface area (Å²) in [4.78, 5) is 30.1. The number of aryl methyl sites for hydroxylation is 3. The molecule has 1 unspecified atom stereocenters. The van der Waals surface area contributed by atoms with Crippen molar-refractivity contribution in [3.63, 3.8) is 0 Å². The van der Waals surface area contributed by atoms with Crippen molar-refractivity contribution in [2.45, 2.75) is 71.0 Å². The normalized spacial score (nSPS) is 12.3. The zero-order chi connectivity index (χ0) is 32.8. The van der Waals surface area contributed by atoms with E-state index in [1.54, 1.807) is 36.4 Å². The van der Waals surface area contributed by atoms with Gasteiger partial charge in [0.1, 0.15) is 12.6 Å². The third kappa shape index (κ3) is 8.82. The SMILES string of the molecule is Cc1ccc(S(=O)(=O)N(CC(=O)N(Cc2ccccc2)C(Cc2ccccc2)C(=O)NC(C)(C)C)c2ccc(C)c(C)c2)cc1. The summed E-state index contributed by atoms with van der Waals surface area (Å²) in [6, 6.07) is 30.0. The van der Waals surface area contributed by atoms with Crippen molar-refractivity contribution in [2.75, 3.05) is 10.8 Å². The van der Waals surface area contributed by atoms with Crippen LogP contribution in [0.15, 0.2) is 108 Å². The highest BCUT2D eigenvalue weighted by molar-refractivity contribution is 7.92. The number of nitrogens with zero attached hydrogens (tertiary/aromatic N) is 2. The van der Waals surface area contributed by atoms with Crippen molar-refractivity contribution in [3.05, 3.63) is 131 Å². The van der Waals surface area contributed by atoms with Gasteiger partial charge in [0.25, 0.3) is 10.0 Å². The number of rotatable bonds is 11. The van der Waals surface area contributed by atoms with Crippen molar-refractivity contribution in [3.8, 4) is 0 Å². The summed E-state index contributed by atoms with van der Waals surface area (Å²) in [5.41, 5.74) is 4.37. The molecule has 0 saturated heterocycles. The summed E-state index contributed by atoms with van der Waals surface area (Å²) in [7, 11) is -4.15. The number of carbonyl (C=O) groups excluding carboxylic acids is 2. The van der Waals surface area contributed by atoms with Gasteiger partial charge in [-0.3, -0.25) is 13.9 Å². The monoisotopic (exact) mass is 625 g/mol. The molecule has 0 aliphatic heterocycles. The van der Waals surface area contributed by atoms with Gasteiger partial charge in [0.15, 0.2) is 0 Å². The number of amides is 2. The van der Waals surface area contributed by atoms with E-state index in [4.69, 9.17) is 0 Å². The van der Waals surface area contributed by atoms with E-state index in [0.29, 0.717) is 5.69 Å². The van der Waals surface area contributed by atoms with Crippen molar-refractivity contribution in [1.29, 1.82) is 0 Å². The minimum Gasteiger partial charge on any atom is -0.350 e. The van der Waals surface area contributed by atoms with Gasteiger partial charge in [0, 0.05) is 18.5 Å². The van der Waals surface area contributed by atoms with Crippen LogP contribution in [-0.2, 0) is 32.6 Å². The molecule has 8 heteroatoms. The number of hydrogen-bond acceptors (Lipinski definition) is 4. The smallest absolute Gasteiger partial charge is 0.264 e. The molecule has 45 heavy (non-hydrogen) atoms. The number of anilines is 1. The van der Waals surface area contributed by atoms with Gasteiger partial charge in [-0.1, -0.05) is 84.4 Å². The number of benzene rings is 4. The summed E-state index contributed by atoms with van der Waals surface area (Å²) in [5, 5.41) is 3.06. The molecule has 0 saturated carbocycles. The van der Waals surface area contributed by atoms with Crippen LogP contribution in [0.25, 0.3) is 0 Å². The first kappa shape index (κ1) is 33.5. The zero-order valence-corrected chi connectivity index (χ0v) is 27.8. The summed E-state index contributed by atoms with van der Waals surface area (Å²) in [6.07, 6.45) is 0.260. The predicted molar refractivity (Wildman–Crippen MR) is 180 cm³/mol. The van der Waals surface area contributed by atoms with Crippen LogP contribution in [0.5, 0.6) is 0 Å². The van der Waals surface area contributed by atoms with E-state index in [1.165, 1.54) is 4.90 Å². The third-order valence-corrected chi connectivity index (χ3v) is 9.42. The zero-order valence-electron chi connectivity index (χ0n) is 26.9. The maximum Gasteiger partial charge on any atom is 0.264 e. The van der Waals surface area contributed by atoms with Gasteiger partial charge in [0.2, 0.25) is 11.8 Å². The van der Waals surface area contributed by atoms with Crippen LogP contribution in [0.4, 0.5) is 5.69 Å². The molecule has 0 aliphatic rings. The van der Waals surface area contributed by atoms with Crippen molar-refractivity contribution in [1.82, 2.24) is 10.2 Å². The lowest BCUT2D eigenvalue weighted by atomic mass is 10.0. The first-order chi connectivity index (χ1) is 21.2. The summed E-state index contributed by atoms with van der Waals surface area (Å²) in [5.74, 6) is -0.799. The Labute approximate surface area is 268 Å². The maximum atomic E-state index is 14.6. The Kier molecular flexibility index (Phi) is 10.5. The molecular formula is C37H43N3O4S. The van der Waals surface area contributed by atoms with Crippen LogP contribution in [0.1, 0.15) is 48.6 Å². The molecule has 4 aromatic rings. The second-order valence-electron chi connectivity index (χ2n) is 12.5. The van der Waals surface area contributed by atoms with Gasteiger partial charge in [-0.2, -0.15) is 0 Å². The second kappa shape index (κ2) is 14.1. The fourth-order valence-electron chi connectivity index (χ4n) is 5.03. The lowest BCUT2D eigenvalue weighted by Gasteiger charge is -2.35. The topological polar surface area (TPSA) is 86.8 Å². The first-order valence-corrected chi connectivity index (χ1v) is 16.5. The van der Waals surface area contributed by atoms with Gasteiger partial charge in [-0.05, 0) is 88.1 Å². The number of sulfonamides is 1. The van der Waals surface area contributed by atoms with E-state index < -0.39 is 34.1 Å². The summed E-state index contributed by atoms with van der Waals surface area (Å²) in [6.45, 7) is 11.1. The third-order valence-electron chi connectivity index (χ3n) is 7.63. The fourth-order valence-corrected chi connectivity index (χ4v) is 6.44. The van der Waals surface area contributed by atoms with E-state index in [0.717, 1.165) is 32.1 Å². The Balaban J connectivity index is 1.82. The quantitative estimate of drug-likeness (QED) is 0.210. The predicted octanol–water partition coefficient (Wildman–Crippen LogP) is 6.36. The molecule has 0 fully saturated rings. The van der Waals surface area contributed by atoms with Gasteiger partial charge >= 0.3 is 0 Å². The molecule has 0 radical (unpaired) electrons. The molecule has 236 valence electrons. The molecule has 0 bridgehead atoms. The molecule has 0 aromatic heterocycles. The minimum atomic E-state index is -4.15. The Bertz CT molecular complexity index is 1720. The van der Waals surface area contributed by atoms with E-state index in [2.05, 4.69) is 5.32 Å². The fraction of sp³-hybridized carbons (Fsp3) is 0.297. The molecule has 4 aromatic carbocycles. The molecule has 0 heterocycles. The Morgan fingerprint density at radius 2 is 1.33 bits per heavy atom. The van der Waals surface area contributed by atoms with Gasteiger partial charge in [0.05, 0.1) is 10.6 Å². The number of nitrogens with one attached hydrogen (secondary N) is 1. The minimum absolute atomic E-state index is 0.0834. The van der Waals surface area contributed by atoms with E-state index in [1.807, 2.05) is 108 Å². The van der Waals surface area contributed by atoms with E-state index in [9.17, 15) is 18.0 Å². The Morgan fingerprint density at radius 3 is 1.89 bits per heavy atom. The average molecular weight is 626 g/mol. The Morgan fingerprint density at radius 1 is 0.756 bits per heavy atom. The lowest BCUT2D eigenvalue weighted by Crippen LogP contribution is -2.56. The lowest BCUT2D eigenvalue weighted by molar-refractivity contribution is -0.140. The molecule has 2 amide bonds. The van der Waals surface area contributed by atoms with Crippen LogP contribution in [0.3, 0.4) is 0 Å². The Hall–Kier alpha value is -4.43. The molecule has 1 N–H and O–H groups in total. The number of hydrogen-bond donors (Lipinski definition) is 1. The molecule has 4 rings (SSSR count). The van der Waals surface area contributed by atoms with Crippen LogP contribution >= 0.6 is 0 Å². The average Bonchev–Trinajstić information content (AvgIpc) is 2.99. The molecule has 0 aliphatic carbocycles. The van der Waals surface area contributed by atoms with Crippen molar-refractivity contribution >= 4 is 27.5 Å². The summed E-state index contributed by atoms with van der Waals surface area (Å²) < 4.78 is 29.6. The highest BCUT2D eigenvalue weighted by Crippen LogP contribution is 2.27. The molecule has 1 atom stereocenters. The van der Waals surface area contributed by atoms with Crippen LogP contribution in [0.2, 0.25) is 0 Å². The second-order valence-corrected chi connectivity index (χ2v) is 14.4. The van der Waals surface area contributed by atoms with Crippen LogP contribution in [-0.4, -0.2) is 43.3 Å². The van der Waals surface area contributed by atoms with Gasteiger partial charge in [-0.25, -0.2) is 8.42 Å². The van der Waals surface area contributed by atoms with Crippen LogP contribution in [0, 0.1) is 20.8 Å². The van der Waals surface area contributed by atoms with Crippen molar-refractivity contribution < 1.29 is 18.0 Å². The molecular weight excluding hydrogens is 582 g/mol. The highest BCUT2D eigenvalue weighted by Gasteiger charge is 2.35.